The summed E-state index contributed by atoms with van der Waals surface area (Å²) in [5, 5.41) is 3.04. The Kier molecular flexibility index (Phi) is 4.94. The highest BCUT2D eigenvalue weighted by molar-refractivity contribution is 5.96. The van der Waals surface area contributed by atoms with Crippen molar-refractivity contribution in [3.8, 4) is 11.3 Å². The molecular weight excluding hydrogens is 346 g/mol. The first kappa shape index (κ1) is 18.0. The van der Waals surface area contributed by atoms with Gasteiger partial charge < -0.3 is 9.72 Å². The van der Waals surface area contributed by atoms with Crippen LogP contribution in [0.1, 0.15) is 30.4 Å². The molecule has 28 heavy (non-hydrogen) atoms. The average molecular weight is 369 g/mol. The first-order valence-electron chi connectivity index (χ1n) is 9.56. The van der Waals surface area contributed by atoms with E-state index in [-0.39, 0.29) is 11.8 Å². The molecule has 1 atom stereocenters. The molecule has 2 heterocycles. The van der Waals surface area contributed by atoms with Gasteiger partial charge in [-0.25, -0.2) is 4.98 Å². The van der Waals surface area contributed by atoms with Gasteiger partial charge in [0.15, 0.2) is 0 Å². The van der Waals surface area contributed by atoms with E-state index >= 15 is 0 Å². The fourth-order valence-corrected chi connectivity index (χ4v) is 3.50. The summed E-state index contributed by atoms with van der Waals surface area (Å²) >= 11 is 0. The molecule has 0 spiro atoms. The molecular formula is C24H23N3O. The Morgan fingerprint density at radius 3 is 2.46 bits per heavy atom. The molecule has 0 bridgehead atoms. The van der Waals surface area contributed by atoms with Crippen LogP contribution in [0.25, 0.3) is 16.9 Å². The summed E-state index contributed by atoms with van der Waals surface area (Å²) < 4.78 is 2.03. The molecule has 4 nitrogen and oxygen atoms in total. The van der Waals surface area contributed by atoms with Crippen molar-refractivity contribution in [1.29, 1.82) is 0 Å². The number of carbonyl (C=O) groups excluding carboxylic acids is 1. The molecule has 0 saturated heterocycles. The van der Waals surface area contributed by atoms with Crippen LogP contribution in [0.2, 0.25) is 0 Å². The molecule has 140 valence electrons. The molecule has 0 fully saturated rings. The number of pyridine rings is 1. The van der Waals surface area contributed by atoms with Crippen molar-refractivity contribution in [2.75, 3.05) is 5.32 Å². The fourth-order valence-electron chi connectivity index (χ4n) is 3.50. The van der Waals surface area contributed by atoms with Crippen LogP contribution in [-0.4, -0.2) is 15.3 Å². The molecule has 2 aromatic heterocycles. The summed E-state index contributed by atoms with van der Waals surface area (Å²) in [6.45, 7) is 4.09. The third-order valence-electron chi connectivity index (χ3n) is 5.05. The number of nitrogens with one attached hydrogen (secondary N) is 1. The Morgan fingerprint density at radius 2 is 1.79 bits per heavy atom. The zero-order valence-electron chi connectivity index (χ0n) is 16.1. The van der Waals surface area contributed by atoms with Gasteiger partial charge in [0.1, 0.15) is 5.65 Å². The Balaban J connectivity index is 1.52. The molecule has 0 saturated carbocycles. The SMILES string of the molecule is CC[C@@H](C(=O)Nc1ccc(-c2cn3cccc(C)c3n2)cc1)c1ccccc1. The summed E-state index contributed by atoms with van der Waals surface area (Å²) in [5.74, 6) is -0.132. The number of imidazole rings is 1. The zero-order chi connectivity index (χ0) is 19.5. The van der Waals surface area contributed by atoms with E-state index < -0.39 is 0 Å². The lowest BCUT2D eigenvalue weighted by molar-refractivity contribution is -0.117. The normalized spacial score (nSPS) is 12.1. The number of amides is 1. The van der Waals surface area contributed by atoms with Crippen LogP contribution >= 0.6 is 0 Å². The third kappa shape index (κ3) is 3.54. The topological polar surface area (TPSA) is 46.4 Å². The first-order valence-corrected chi connectivity index (χ1v) is 9.56. The van der Waals surface area contributed by atoms with Gasteiger partial charge in [0.25, 0.3) is 0 Å². The maximum Gasteiger partial charge on any atom is 0.231 e. The number of aromatic nitrogens is 2. The van der Waals surface area contributed by atoms with Crippen LogP contribution < -0.4 is 5.32 Å². The van der Waals surface area contributed by atoms with E-state index in [1.165, 1.54) is 0 Å². The Hall–Kier alpha value is -3.40. The smallest absolute Gasteiger partial charge is 0.231 e. The minimum absolute atomic E-state index is 0.0183. The van der Waals surface area contributed by atoms with Crippen molar-refractivity contribution in [1.82, 2.24) is 9.38 Å². The van der Waals surface area contributed by atoms with Crippen molar-refractivity contribution < 1.29 is 4.79 Å². The number of carbonyl (C=O) groups is 1. The van der Waals surface area contributed by atoms with Crippen LogP contribution in [0.4, 0.5) is 5.69 Å². The molecule has 0 aliphatic heterocycles. The lowest BCUT2D eigenvalue weighted by atomic mass is 9.95. The second-order valence-corrected chi connectivity index (χ2v) is 6.99. The van der Waals surface area contributed by atoms with E-state index in [0.717, 1.165) is 40.1 Å². The molecule has 0 radical (unpaired) electrons. The molecule has 4 heteroatoms. The van der Waals surface area contributed by atoms with E-state index in [0.29, 0.717) is 0 Å². The molecule has 1 amide bonds. The van der Waals surface area contributed by atoms with Crippen molar-refractivity contribution in [3.63, 3.8) is 0 Å². The van der Waals surface area contributed by atoms with Gasteiger partial charge in [0, 0.05) is 23.6 Å². The van der Waals surface area contributed by atoms with Crippen molar-refractivity contribution in [2.45, 2.75) is 26.2 Å². The van der Waals surface area contributed by atoms with Crippen molar-refractivity contribution in [2.24, 2.45) is 0 Å². The number of rotatable bonds is 5. The predicted molar refractivity (Wildman–Crippen MR) is 113 cm³/mol. The number of hydrogen-bond donors (Lipinski definition) is 1. The Labute approximate surface area is 164 Å². The first-order chi connectivity index (χ1) is 13.7. The van der Waals surface area contributed by atoms with E-state index in [1.807, 2.05) is 84.4 Å². The van der Waals surface area contributed by atoms with Crippen molar-refractivity contribution in [3.05, 3.63) is 90.3 Å². The quantitative estimate of drug-likeness (QED) is 0.509. The molecule has 0 aliphatic carbocycles. The second-order valence-electron chi connectivity index (χ2n) is 6.99. The van der Waals surface area contributed by atoms with Crippen LogP contribution in [0.15, 0.2) is 79.1 Å². The summed E-state index contributed by atoms with van der Waals surface area (Å²) in [4.78, 5) is 17.5. The molecule has 4 rings (SSSR count). The van der Waals surface area contributed by atoms with Gasteiger partial charge in [-0.2, -0.15) is 0 Å². The number of nitrogens with zero attached hydrogens (tertiary/aromatic N) is 2. The standard InChI is InChI=1S/C24H23N3O/c1-3-21(18-9-5-4-6-10-18)24(28)25-20-13-11-19(12-14-20)22-16-27-15-7-8-17(2)23(27)26-22/h4-16,21H,3H2,1-2H3,(H,25,28)/t21-/m1/s1. The monoisotopic (exact) mass is 369 g/mol. The van der Waals surface area contributed by atoms with Gasteiger partial charge in [-0.05, 0) is 42.7 Å². The summed E-state index contributed by atoms with van der Waals surface area (Å²) in [6, 6.07) is 21.8. The number of fused-ring (bicyclic) bond motifs is 1. The zero-order valence-corrected chi connectivity index (χ0v) is 16.1. The van der Waals surface area contributed by atoms with Gasteiger partial charge >= 0.3 is 0 Å². The highest BCUT2D eigenvalue weighted by atomic mass is 16.1. The lowest BCUT2D eigenvalue weighted by Crippen LogP contribution is -2.20. The minimum Gasteiger partial charge on any atom is -0.326 e. The number of hydrogen-bond acceptors (Lipinski definition) is 2. The highest BCUT2D eigenvalue weighted by Gasteiger charge is 2.18. The van der Waals surface area contributed by atoms with Crippen LogP contribution in [0.3, 0.4) is 0 Å². The summed E-state index contributed by atoms with van der Waals surface area (Å²) in [6.07, 6.45) is 4.79. The van der Waals surface area contributed by atoms with Gasteiger partial charge in [0.2, 0.25) is 5.91 Å². The average Bonchev–Trinajstić information content (AvgIpc) is 3.16. The lowest BCUT2D eigenvalue weighted by Gasteiger charge is -2.15. The third-order valence-corrected chi connectivity index (χ3v) is 5.05. The maximum absolute atomic E-state index is 12.7. The van der Waals surface area contributed by atoms with Gasteiger partial charge in [0.05, 0.1) is 11.6 Å². The van der Waals surface area contributed by atoms with E-state index in [2.05, 4.69) is 18.3 Å². The molecule has 2 aromatic carbocycles. The van der Waals surface area contributed by atoms with Gasteiger partial charge in [-0.1, -0.05) is 55.5 Å². The van der Waals surface area contributed by atoms with Crippen LogP contribution in [-0.2, 0) is 4.79 Å². The predicted octanol–water partition coefficient (Wildman–Crippen LogP) is 5.44. The van der Waals surface area contributed by atoms with Gasteiger partial charge in [-0.15, -0.1) is 0 Å². The largest absolute Gasteiger partial charge is 0.326 e. The summed E-state index contributed by atoms with van der Waals surface area (Å²) in [7, 11) is 0. The van der Waals surface area contributed by atoms with Crippen molar-refractivity contribution >= 4 is 17.2 Å². The molecule has 1 N–H and O–H groups in total. The van der Waals surface area contributed by atoms with Crippen LogP contribution in [0.5, 0.6) is 0 Å². The Morgan fingerprint density at radius 1 is 1.04 bits per heavy atom. The van der Waals surface area contributed by atoms with E-state index in [4.69, 9.17) is 4.98 Å². The van der Waals surface area contributed by atoms with Crippen LogP contribution in [0, 0.1) is 6.92 Å². The fraction of sp³-hybridized carbons (Fsp3) is 0.167. The number of aryl methyl sites for hydroxylation is 1. The number of anilines is 1. The van der Waals surface area contributed by atoms with Gasteiger partial charge in [-0.3, -0.25) is 4.79 Å². The second kappa shape index (κ2) is 7.69. The summed E-state index contributed by atoms with van der Waals surface area (Å²) in [5.41, 5.74) is 5.88. The van der Waals surface area contributed by atoms with E-state index in [1.54, 1.807) is 0 Å². The molecule has 0 unspecified atom stereocenters. The molecule has 0 aliphatic rings. The Bertz CT molecular complexity index is 1100. The highest BCUT2D eigenvalue weighted by Crippen LogP contribution is 2.24. The minimum atomic E-state index is -0.151. The molecule has 4 aromatic rings. The maximum atomic E-state index is 12.7. The number of benzene rings is 2. The van der Waals surface area contributed by atoms with E-state index in [9.17, 15) is 4.79 Å².